The van der Waals surface area contributed by atoms with E-state index in [-0.39, 0.29) is 24.3 Å². The van der Waals surface area contributed by atoms with Gasteiger partial charge in [-0.3, -0.25) is 9.59 Å². The van der Waals surface area contributed by atoms with Crippen molar-refractivity contribution in [2.75, 3.05) is 13.1 Å². The van der Waals surface area contributed by atoms with Crippen LogP contribution in [-0.4, -0.2) is 35.8 Å². The molecule has 0 aromatic heterocycles. The molecule has 1 N–H and O–H groups in total. The zero-order chi connectivity index (χ0) is 16.7. The Hall–Kier alpha value is -2.35. The Morgan fingerprint density at radius 1 is 1.35 bits per heavy atom. The molecule has 1 aliphatic heterocycles. The minimum absolute atomic E-state index is 0.0803. The molecular formula is C18H23N3O2. The minimum Gasteiger partial charge on any atom is -0.352 e. The van der Waals surface area contributed by atoms with E-state index in [0.717, 1.165) is 19.3 Å². The van der Waals surface area contributed by atoms with Crippen LogP contribution in [0.15, 0.2) is 24.3 Å². The van der Waals surface area contributed by atoms with E-state index in [4.69, 9.17) is 5.26 Å². The molecular weight excluding hydrogens is 290 g/mol. The molecule has 0 aliphatic carbocycles. The van der Waals surface area contributed by atoms with Gasteiger partial charge in [0.05, 0.1) is 6.07 Å². The number of hydrogen-bond acceptors (Lipinski definition) is 3. The summed E-state index contributed by atoms with van der Waals surface area (Å²) in [6, 6.07) is 10.2. The average molecular weight is 313 g/mol. The molecule has 1 fully saturated rings. The quantitative estimate of drug-likeness (QED) is 0.903. The SMILES string of the molecule is Cc1cccc(CCC(=O)N2CCC(NC(=O)CC#N)CC2)c1. The predicted octanol–water partition coefficient (Wildman–Crippen LogP) is 1.95. The Morgan fingerprint density at radius 3 is 2.74 bits per heavy atom. The Morgan fingerprint density at radius 2 is 2.09 bits per heavy atom. The van der Waals surface area contributed by atoms with Gasteiger partial charge in [-0.1, -0.05) is 29.8 Å². The van der Waals surface area contributed by atoms with Crippen LogP contribution in [0.1, 0.15) is 36.8 Å². The van der Waals surface area contributed by atoms with Crippen molar-refractivity contribution in [1.29, 1.82) is 5.26 Å². The maximum atomic E-state index is 12.3. The highest BCUT2D eigenvalue weighted by molar-refractivity contribution is 5.78. The summed E-state index contributed by atoms with van der Waals surface area (Å²) in [5.74, 6) is -0.0509. The number of hydrogen-bond donors (Lipinski definition) is 1. The first-order valence-electron chi connectivity index (χ1n) is 8.08. The lowest BCUT2D eigenvalue weighted by Crippen LogP contribution is -2.46. The van der Waals surface area contributed by atoms with E-state index >= 15 is 0 Å². The number of rotatable bonds is 5. The Balaban J connectivity index is 1.73. The molecule has 0 bridgehead atoms. The number of likely N-dealkylation sites (tertiary alicyclic amines) is 1. The van der Waals surface area contributed by atoms with E-state index in [2.05, 4.69) is 30.4 Å². The normalized spacial score (nSPS) is 15.0. The maximum Gasteiger partial charge on any atom is 0.234 e. The van der Waals surface area contributed by atoms with Crippen LogP contribution >= 0.6 is 0 Å². The molecule has 2 amide bonds. The van der Waals surface area contributed by atoms with Gasteiger partial charge in [0.25, 0.3) is 0 Å². The summed E-state index contributed by atoms with van der Waals surface area (Å²) in [6.45, 7) is 3.39. The van der Waals surface area contributed by atoms with Gasteiger partial charge in [0.15, 0.2) is 0 Å². The second-order valence-corrected chi connectivity index (χ2v) is 6.05. The molecule has 1 aromatic rings. The lowest BCUT2D eigenvalue weighted by Gasteiger charge is -2.32. The number of nitrogens with zero attached hydrogens (tertiary/aromatic N) is 2. The van der Waals surface area contributed by atoms with Gasteiger partial charge in [-0.2, -0.15) is 5.26 Å². The van der Waals surface area contributed by atoms with Crippen LogP contribution in [0.4, 0.5) is 0 Å². The van der Waals surface area contributed by atoms with E-state index in [9.17, 15) is 9.59 Å². The molecule has 0 atom stereocenters. The van der Waals surface area contributed by atoms with Crippen molar-refractivity contribution < 1.29 is 9.59 Å². The van der Waals surface area contributed by atoms with Gasteiger partial charge >= 0.3 is 0 Å². The molecule has 0 unspecified atom stereocenters. The number of benzene rings is 1. The van der Waals surface area contributed by atoms with Crippen LogP contribution in [0.5, 0.6) is 0 Å². The van der Waals surface area contributed by atoms with Crippen LogP contribution < -0.4 is 5.32 Å². The summed E-state index contributed by atoms with van der Waals surface area (Å²) in [4.78, 5) is 25.6. The molecule has 23 heavy (non-hydrogen) atoms. The molecule has 1 heterocycles. The van der Waals surface area contributed by atoms with Crippen LogP contribution in [0.2, 0.25) is 0 Å². The highest BCUT2D eigenvalue weighted by Crippen LogP contribution is 2.13. The van der Waals surface area contributed by atoms with Crippen molar-refractivity contribution in [3.63, 3.8) is 0 Å². The minimum atomic E-state index is -0.225. The van der Waals surface area contributed by atoms with E-state index in [1.807, 2.05) is 17.0 Å². The van der Waals surface area contributed by atoms with Crippen molar-refractivity contribution in [3.05, 3.63) is 35.4 Å². The maximum absolute atomic E-state index is 12.3. The van der Waals surface area contributed by atoms with E-state index in [1.54, 1.807) is 0 Å². The topological polar surface area (TPSA) is 73.2 Å². The first-order chi connectivity index (χ1) is 11.1. The summed E-state index contributed by atoms with van der Waals surface area (Å²) in [5, 5.41) is 11.3. The van der Waals surface area contributed by atoms with Crippen molar-refractivity contribution in [1.82, 2.24) is 10.2 Å². The fraction of sp³-hybridized carbons (Fsp3) is 0.500. The predicted molar refractivity (Wildman–Crippen MR) is 87.5 cm³/mol. The number of nitrogens with one attached hydrogen (secondary N) is 1. The molecule has 5 nitrogen and oxygen atoms in total. The molecule has 1 saturated heterocycles. The highest BCUT2D eigenvalue weighted by Gasteiger charge is 2.23. The van der Waals surface area contributed by atoms with Crippen LogP contribution in [0.25, 0.3) is 0 Å². The second-order valence-electron chi connectivity index (χ2n) is 6.05. The third-order valence-corrected chi connectivity index (χ3v) is 4.16. The summed E-state index contributed by atoms with van der Waals surface area (Å²) in [5.41, 5.74) is 2.40. The van der Waals surface area contributed by atoms with Gasteiger partial charge in [0, 0.05) is 25.6 Å². The average Bonchev–Trinajstić information content (AvgIpc) is 2.53. The van der Waals surface area contributed by atoms with Crippen molar-refractivity contribution in [2.24, 2.45) is 0 Å². The van der Waals surface area contributed by atoms with Crippen molar-refractivity contribution in [3.8, 4) is 6.07 Å². The smallest absolute Gasteiger partial charge is 0.234 e. The number of aryl methyl sites for hydroxylation is 2. The standard InChI is InChI=1S/C18H23N3O2/c1-14-3-2-4-15(13-14)5-6-18(23)21-11-8-16(9-12-21)20-17(22)7-10-19/h2-4,13,16H,5-9,11-12H2,1H3,(H,20,22). The Kier molecular flexibility index (Phi) is 6.16. The zero-order valence-corrected chi connectivity index (χ0v) is 13.5. The lowest BCUT2D eigenvalue weighted by molar-refractivity contribution is -0.132. The number of nitriles is 1. The van der Waals surface area contributed by atoms with E-state index < -0.39 is 0 Å². The van der Waals surface area contributed by atoms with E-state index in [1.165, 1.54) is 11.1 Å². The molecule has 0 spiro atoms. The fourth-order valence-corrected chi connectivity index (χ4v) is 2.90. The third kappa shape index (κ3) is 5.41. The molecule has 0 saturated carbocycles. The van der Waals surface area contributed by atoms with Crippen LogP contribution in [-0.2, 0) is 16.0 Å². The summed E-state index contributed by atoms with van der Waals surface area (Å²) in [6.07, 6.45) is 2.70. The van der Waals surface area contributed by atoms with Crippen LogP contribution in [0, 0.1) is 18.3 Å². The van der Waals surface area contributed by atoms with Crippen molar-refractivity contribution >= 4 is 11.8 Å². The Labute approximate surface area is 137 Å². The van der Waals surface area contributed by atoms with Gasteiger partial charge in [-0.05, 0) is 31.7 Å². The van der Waals surface area contributed by atoms with Gasteiger partial charge in [0.2, 0.25) is 11.8 Å². The summed E-state index contributed by atoms with van der Waals surface area (Å²) < 4.78 is 0. The van der Waals surface area contributed by atoms with Gasteiger partial charge < -0.3 is 10.2 Å². The van der Waals surface area contributed by atoms with Gasteiger partial charge in [-0.15, -0.1) is 0 Å². The zero-order valence-electron chi connectivity index (χ0n) is 13.5. The second kappa shape index (κ2) is 8.33. The van der Waals surface area contributed by atoms with Crippen LogP contribution in [0.3, 0.4) is 0 Å². The number of piperidine rings is 1. The van der Waals surface area contributed by atoms with Crippen molar-refractivity contribution in [2.45, 2.75) is 45.1 Å². The molecule has 2 rings (SSSR count). The fourth-order valence-electron chi connectivity index (χ4n) is 2.90. The number of carbonyl (C=O) groups is 2. The molecule has 0 radical (unpaired) electrons. The first kappa shape index (κ1) is 17.0. The number of amides is 2. The largest absolute Gasteiger partial charge is 0.352 e. The van der Waals surface area contributed by atoms with Gasteiger partial charge in [-0.25, -0.2) is 0 Å². The number of carbonyl (C=O) groups excluding carboxylic acids is 2. The molecule has 5 heteroatoms. The Bertz CT molecular complexity index is 599. The van der Waals surface area contributed by atoms with E-state index in [0.29, 0.717) is 19.5 Å². The molecule has 1 aromatic carbocycles. The molecule has 1 aliphatic rings. The summed E-state index contributed by atoms with van der Waals surface area (Å²) in [7, 11) is 0. The summed E-state index contributed by atoms with van der Waals surface area (Å²) >= 11 is 0. The first-order valence-corrected chi connectivity index (χ1v) is 8.08. The van der Waals surface area contributed by atoms with Gasteiger partial charge in [0.1, 0.15) is 6.42 Å². The highest BCUT2D eigenvalue weighted by atomic mass is 16.2. The lowest BCUT2D eigenvalue weighted by atomic mass is 10.0. The third-order valence-electron chi connectivity index (χ3n) is 4.16. The molecule has 122 valence electrons. The monoisotopic (exact) mass is 313 g/mol.